The zero-order chi connectivity index (χ0) is 19.4. The summed E-state index contributed by atoms with van der Waals surface area (Å²) in [5, 5.41) is 3.81. The fourth-order valence-corrected chi connectivity index (χ4v) is 2.72. The van der Waals surface area contributed by atoms with E-state index in [9.17, 15) is 22.0 Å². The van der Waals surface area contributed by atoms with E-state index < -0.39 is 31.8 Å². The van der Waals surface area contributed by atoms with Crippen LogP contribution in [0.4, 0.5) is 27.6 Å². The predicted octanol–water partition coefficient (Wildman–Crippen LogP) is 3.58. The molecule has 0 bridgehead atoms. The first-order chi connectivity index (χ1) is 12.5. The molecule has 0 radical (unpaired) electrons. The Morgan fingerprint density at radius 2 is 1.96 bits per heavy atom. The van der Waals surface area contributed by atoms with E-state index in [0.717, 1.165) is 12.8 Å². The van der Waals surface area contributed by atoms with Gasteiger partial charge in [0.15, 0.2) is 6.61 Å². The van der Waals surface area contributed by atoms with Crippen LogP contribution >= 0.6 is 0 Å². The van der Waals surface area contributed by atoms with Crippen LogP contribution in [0, 0.1) is 0 Å². The van der Waals surface area contributed by atoms with E-state index in [1.54, 1.807) is 0 Å². The van der Waals surface area contributed by atoms with E-state index in [-0.39, 0.29) is 28.4 Å². The van der Waals surface area contributed by atoms with Crippen molar-refractivity contribution in [2.45, 2.75) is 37.3 Å². The van der Waals surface area contributed by atoms with Crippen molar-refractivity contribution in [3.8, 4) is 17.3 Å². The Hall–Kier alpha value is -2.46. The van der Waals surface area contributed by atoms with Crippen LogP contribution in [0.5, 0.6) is 5.75 Å². The molecule has 1 saturated heterocycles. The minimum absolute atomic E-state index is 0.0619. The van der Waals surface area contributed by atoms with Gasteiger partial charge < -0.3 is 14.2 Å². The second-order valence-electron chi connectivity index (χ2n) is 7.14. The van der Waals surface area contributed by atoms with Crippen LogP contribution in [0.25, 0.3) is 11.5 Å². The Morgan fingerprint density at radius 1 is 1.26 bits per heavy atom. The van der Waals surface area contributed by atoms with Gasteiger partial charge in [0.05, 0.1) is 25.0 Å². The van der Waals surface area contributed by atoms with Crippen LogP contribution < -0.4 is 9.64 Å². The summed E-state index contributed by atoms with van der Waals surface area (Å²) < 4.78 is 73.9. The quantitative estimate of drug-likeness (QED) is 0.728. The number of anilines is 1. The number of hydrogen-bond donors (Lipinski definition) is 0. The van der Waals surface area contributed by atoms with Crippen LogP contribution in [-0.2, 0) is 5.41 Å². The summed E-state index contributed by atoms with van der Waals surface area (Å²) >= 11 is 0. The van der Waals surface area contributed by atoms with E-state index in [1.165, 1.54) is 17.2 Å². The third-order valence-corrected chi connectivity index (χ3v) is 4.59. The van der Waals surface area contributed by atoms with Crippen molar-refractivity contribution in [1.29, 1.82) is 0 Å². The Balaban J connectivity index is 1.62. The summed E-state index contributed by atoms with van der Waals surface area (Å²) in [5.74, 6) is -2.56. The number of halogens is 5. The summed E-state index contributed by atoms with van der Waals surface area (Å²) in [4.78, 5) is 9.54. The van der Waals surface area contributed by atoms with E-state index in [2.05, 4.69) is 15.1 Å². The lowest BCUT2D eigenvalue weighted by Gasteiger charge is -2.40. The molecule has 2 aromatic heterocycles. The summed E-state index contributed by atoms with van der Waals surface area (Å²) in [7, 11) is 0. The smallest absolute Gasteiger partial charge is 0.422 e. The number of aromatic nitrogens is 3. The molecular formula is C16H15F5N4O2. The lowest BCUT2D eigenvalue weighted by Crippen LogP contribution is -2.56. The highest BCUT2D eigenvalue weighted by Gasteiger charge is 2.46. The number of ether oxygens (including phenoxy) is 1. The average molecular weight is 390 g/mol. The van der Waals surface area contributed by atoms with Gasteiger partial charge in [-0.2, -0.15) is 18.2 Å². The molecule has 4 rings (SSSR count). The summed E-state index contributed by atoms with van der Waals surface area (Å²) in [6.45, 7) is -0.811. The van der Waals surface area contributed by atoms with Gasteiger partial charge in [-0.05, 0) is 12.8 Å². The van der Waals surface area contributed by atoms with Gasteiger partial charge in [0.25, 0.3) is 5.92 Å². The van der Waals surface area contributed by atoms with Gasteiger partial charge >= 0.3 is 6.18 Å². The van der Waals surface area contributed by atoms with Crippen molar-refractivity contribution >= 4 is 5.69 Å². The van der Waals surface area contributed by atoms with Crippen LogP contribution in [0.3, 0.4) is 0 Å². The van der Waals surface area contributed by atoms with Crippen LogP contribution in [0.2, 0.25) is 0 Å². The number of rotatable bonds is 5. The van der Waals surface area contributed by atoms with Crippen molar-refractivity contribution in [2.24, 2.45) is 0 Å². The maximum atomic E-state index is 13.1. The second kappa shape index (κ2) is 5.77. The maximum absolute atomic E-state index is 13.1. The second-order valence-corrected chi connectivity index (χ2v) is 7.14. The van der Waals surface area contributed by atoms with Crippen LogP contribution in [0.15, 0.2) is 16.8 Å². The standard InChI is InChI=1S/C16H15F5N4O2/c1-14(2-3-14)13-23-12(24-27-13)9-4-11(26-8-16(19,20)21)10(5-22-9)25-6-15(17,18)7-25/h4-5H,2-3,6-8H2,1H3. The Bertz CT molecular complexity index is 855. The van der Waals surface area contributed by atoms with Gasteiger partial charge in [-0.15, -0.1) is 0 Å². The normalized spacial score (nSPS) is 20.3. The molecule has 2 aliphatic rings. The number of alkyl halides is 5. The first-order valence-electron chi connectivity index (χ1n) is 8.22. The highest BCUT2D eigenvalue weighted by atomic mass is 19.4. The van der Waals surface area contributed by atoms with Gasteiger partial charge in [0, 0.05) is 11.5 Å². The van der Waals surface area contributed by atoms with Gasteiger partial charge in [-0.25, -0.2) is 8.78 Å². The van der Waals surface area contributed by atoms with Crippen molar-refractivity contribution in [1.82, 2.24) is 15.1 Å². The Morgan fingerprint density at radius 3 is 2.56 bits per heavy atom. The van der Waals surface area contributed by atoms with Crippen molar-refractivity contribution in [3.63, 3.8) is 0 Å². The van der Waals surface area contributed by atoms with Gasteiger partial charge in [0.1, 0.15) is 11.4 Å². The fraction of sp³-hybridized carbons (Fsp3) is 0.562. The molecule has 1 aliphatic heterocycles. The fourth-order valence-electron chi connectivity index (χ4n) is 2.72. The molecule has 6 nitrogen and oxygen atoms in total. The largest absolute Gasteiger partial charge is 0.482 e. The predicted molar refractivity (Wildman–Crippen MR) is 82.8 cm³/mol. The summed E-state index contributed by atoms with van der Waals surface area (Å²) in [6.07, 6.45) is -1.57. The van der Waals surface area contributed by atoms with E-state index in [4.69, 9.17) is 9.26 Å². The molecule has 1 aliphatic carbocycles. The van der Waals surface area contributed by atoms with E-state index in [0.29, 0.717) is 5.89 Å². The van der Waals surface area contributed by atoms with E-state index in [1.807, 2.05) is 6.92 Å². The van der Waals surface area contributed by atoms with Crippen LogP contribution in [-0.4, -0.2) is 46.9 Å². The van der Waals surface area contributed by atoms with Crippen molar-refractivity contribution in [2.75, 3.05) is 24.6 Å². The molecule has 0 aromatic carbocycles. The summed E-state index contributed by atoms with van der Waals surface area (Å²) in [5.41, 5.74) is 0.0264. The minimum Gasteiger partial charge on any atom is -0.482 e. The lowest BCUT2D eigenvalue weighted by atomic mass is 10.1. The van der Waals surface area contributed by atoms with Gasteiger partial charge in [0.2, 0.25) is 11.7 Å². The highest BCUT2D eigenvalue weighted by molar-refractivity contribution is 5.65. The molecule has 1 saturated carbocycles. The zero-order valence-electron chi connectivity index (χ0n) is 14.2. The third kappa shape index (κ3) is 3.67. The maximum Gasteiger partial charge on any atom is 0.422 e. The molecule has 2 aromatic rings. The minimum atomic E-state index is -4.57. The lowest BCUT2D eigenvalue weighted by molar-refractivity contribution is -0.153. The number of pyridine rings is 1. The molecular weight excluding hydrogens is 375 g/mol. The topological polar surface area (TPSA) is 64.3 Å². The molecule has 0 spiro atoms. The van der Waals surface area contributed by atoms with Crippen molar-refractivity contribution in [3.05, 3.63) is 18.2 Å². The Kier molecular flexibility index (Phi) is 3.83. The monoisotopic (exact) mass is 390 g/mol. The van der Waals surface area contributed by atoms with E-state index >= 15 is 0 Å². The first kappa shape index (κ1) is 17.9. The molecule has 0 amide bonds. The molecule has 11 heteroatoms. The van der Waals surface area contributed by atoms with Crippen molar-refractivity contribution < 1.29 is 31.2 Å². The Labute approximate surface area is 150 Å². The number of nitrogens with zero attached hydrogens (tertiary/aromatic N) is 4. The molecule has 2 fully saturated rings. The SMILES string of the molecule is CC1(c2nc(-c3cc(OCC(F)(F)F)c(N4CC(F)(F)C4)cn3)no2)CC1. The summed E-state index contributed by atoms with van der Waals surface area (Å²) in [6, 6.07) is 1.21. The molecule has 0 unspecified atom stereocenters. The molecule has 27 heavy (non-hydrogen) atoms. The number of hydrogen-bond acceptors (Lipinski definition) is 6. The molecule has 3 heterocycles. The molecule has 0 N–H and O–H groups in total. The molecule has 0 atom stereocenters. The van der Waals surface area contributed by atoms with Gasteiger partial charge in [-0.1, -0.05) is 12.1 Å². The highest BCUT2D eigenvalue weighted by Crippen LogP contribution is 2.47. The third-order valence-electron chi connectivity index (χ3n) is 4.59. The van der Waals surface area contributed by atoms with Crippen LogP contribution in [0.1, 0.15) is 25.7 Å². The van der Waals surface area contributed by atoms with Gasteiger partial charge in [-0.3, -0.25) is 4.98 Å². The average Bonchev–Trinajstić information content (AvgIpc) is 3.10. The molecule has 146 valence electrons. The first-order valence-corrected chi connectivity index (χ1v) is 8.22. The zero-order valence-corrected chi connectivity index (χ0v) is 14.2.